The van der Waals surface area contributed by atoms with E-state index in [1.165, 1.54) is 12.8 Å². The van der Waals surface area contributed by atoms with Gasteiger partial charge < -0.3 is 15.4 Å². The first kappa shape index (κ1) is 18.2. The second-order valence-corrected chi connectivity index (χ2v) is 6.66. The molecule has 0 radical (unpaired) electrons. The third-order valence-electron chi connectivity index (χ3n) is 4.65. The molecule has 0 unspecified atom stereocenters. The molecule has 6 nitrogen and oxygen atoms in total. The lowest BCUT2D eigenvalue weighted by Crippen LogP contribution is -2.33. The van der Waals surface area contributed by atoms with Gasteiger partial charge in [0, 0.05) is 18.3 Å². The van der Waals surface area contributed by atoms with Crippen molar-refractivity contribution in [2.75, 3.05) is 19.0 Å². The molecule has 1 heterocycles. The van der Waals surface area contributed by atoms with Crippen molar-refractivity contribution in [3.8, 4) is 5.75 Å². The Morgan fingerprint density at radius 1 is 1.23 bits per heavy atom. The van der Waals surface area contributed by atoms with Crippen LogP contribution in [0.2, 0.25) is 0 Å². The normalized spacial score (nSPS) is 14.2. The van der Waals surface area contributed by atoms with E-state index in [0.717, 1.165) is 36.3 Å². The summed E-state index contributed by atoms with van der Waals surface area (Å²) < 4.78 is 5.37. The number of benzene rings is 1. The van der Waals surface area contributed by atoms with Crippen LogP contribution in [0.4, 0.5) is 5.95 Å². The highest BCUT2D eigenvalue weighted by Gasteiger charge is 2.19. The van der Waals surface area contributed by atoms with Gasteiger partial charge in [-0.25, -0.2) is 9.97 Å². The van der Waals surface area contributed by atoms with Crippen molar-refractivity contribution in [1.82, 2.24) is 15.3 Å². The molecule has 0 spiro atoms. The van der Waals surface area contributed by atoms with Crippen LogP contribution in [0.25, 0.3) is 0 Å². The number of methoxy groups -OCH3 is 1. The van der Waals surface area contributed by atoms with E-state index < -0.39 is 0 Å². The van der Waals surface area contributed by atoms with Crippen LogP contribution >= 0.6 is 0 Å². The van der Waals surface area contributed by atoms with Gasteiger partial charge in [-0.3, -0.25) is 4.79 Å². The summed E-state index contributed by atoms with van der Waals surface area (Å²) >= 11 is 0. The first-order valence-corrected chi connectivity index (χ1v) is 9.18. The third kappa shape index (κ3) is 4.71. The topological polar surface area (TPSA) is 76.1 Å². The minimum atomic E-state index is -0.116. The van der Waals surface area contributed by atoms with Crippen LogP contribution in [-0.4, -0.2) is 35.6 Å². The van der Waals surface area contributed by atoms with Crippen molar-refractivity contribution in [3.05, 3.63) is 47.3 Å². The Hall–Kier alpha value is -2.63. The van der Waals surface area contributed by atoms with Gasteiger partial charge in [0.05, 0.1) is 7.11 Å². The average Bonchev–Trinajstić information content (AvgIpc) is 3.14. The molecular weight excluding hydrogens is 328 g/mol. The molecule has 1 aromatic carbocycles. The summed E-state index contributed by atoms with van der Waals surface area (Å²) in [5.41, 5.74) is 2.31. The van der Waals surface area contributed by atoms with Crippen LogP contribution in [0.1, 0.15) is 47.4 Å². The highest BCUT2D eigenvalue weighted by molar-refractivity contribution is 5.92. The molecule has 0 bridgehead atoms. The zero-order valence-corrected chi connectivity index (χ0v) is 15.4. The van der Waals surface area contributed by atoms with Crippen molar-refractivity contribution in [2.24, 2.45) is 0 Å². The maximum absolute atomic E-state index is 12.4. The van der Waals surface area contributed by atoms with E-state index in [2.05, 4.69) is 20.6 Å². The van der Waals surface area contributed by atoms with Crippen LogP contribution in [0.15, 0.2) is 30.3 Å². The van der Waals surface area contributed by atoms with Crippen LogP contribution in [0.5, 0.6) is 5.75 Å². The highest BCUT2D eigenvalue weighted by Crippen LogP contribution is 2.19. The minimum absolute atomic E-state index is 0.116. The van der Waals surface area contributed by atoms with Gasteiger partial charge in [-0.05, 0) is 43.9 Å². The average molecular weight is 354 g/mol. The predicted octanol–water partition coefficient (Wildman–Crippen LogP) is 3.12. The largest absolute Gasteiger partial charge is 0.496 e. The van der Waals surface area contributed by atoms with Crippen molar-refractivity contribution in [3.63, 3.8) is 0 Å². The third-order valence-corrected chi connectivity index (χ3v) is 4.65. The van der Waals surface area contributed by atoms with Gasteiger partial charge in [0.1, 0.15) is 11.4 Å². The van der Waals surface area contributed by atoms with Crippen LogP contribution in [0.3, 0.4) is 0 Å². The second kappa shape index (κ2) is 8.65. The Bertz CT molecular complexity index is 757. The van der Waals surface area contributed by atoms with E-state index in [9.17, 15) is 4.79 Å². The summed E-state index contributed by atoms with van der Waals surface area (Å²) in [6.07, 6.45) is 5.26. The fourth-order valence-corrected chi connectivity index (χ4v) is 3.31. The smallest absolute Gasteiger partial charge is 0.270 e. The summed E-state index contributed by atoms with van der Waals surface area (Å²) in [5, 5.41) is 6.29. The van der Waals surface area contributed by atoms with Crippen molar-refractivity contribution in [2.45, 2.75) is 45.1 Å². The van der Waals surface area contributed by atoms with E-state index in [-0.39, 0.29) is 11.9 Å². The van der Waals surface area contributed by atoms with Gasteiger partial charge in [0.25, 0.3) is 5.91 Å². The molecule has 2 N–H and O–H groups in total. The molecule has 0 saturated heterocycles. The monoisotopic (exact) mass is 354 g/mol. The van der Waals surface area contributed by atoms with Gasteiger partial charge in [-0.15, -0.1) is 0 Å². The number of amides is 1. The van der Waals surface area contributed by atoms with E-state index in [1.54, 1.807) is 13.2 Å². The molecule has 1 saturated carbocycles. The Morgan fingerprint density at radius 3 is 2.77 bits per heavy atom. The molecule has 1 amide bonds. The molecule has 2 aromatic rings. The highest BCUT2D eigenvalue weighted by atomic mass is 16.5. The quantitative estimate of drug-likeness (QED) is 0.799. The van der Waals surface area contributed by atoms with Crippen molar-refractivity contribution >= 4 is 11.9 Å². The molecule has 1 aliphatic carbocycles. The summed E-state index contributed by atoms with van der Waals surface area (Å²) in [5.74, 6) is 1.24. The number of para-hydroxylation sites is 1. The summed E-state index contributed by atoms with van der Waals surface area (Å²) in [4.78, 5) is 21.2. The lowest BCUT2D eigenvalue weighted by atomic mass is 10.1. The molecule has 0 atom stereocenters. The first-order chi connectivity index (χ1) is 12.7. The van der Waals surface area contributed by atoms with Gasteiger partial charge in [0.2, 0.25) is 5.95 Å². The summed E-state index contributed by atoms with van der Waals surface area (Å²) in [6.45, 7) is 2.53. The minimum Gasteiger partial charge on any atom is -0.496 e. The number of carbonyl (C=O) groups excluding carboxylic acids is 1. The number of rotatable bonds is 7. The van der Waals surface area contributed by atoms with E-state index >= 15 is 0 Å². The number of aromatic nitrogens is 2. The molecule has 1 aromatic heterocycles. The fourth-order valence-electron chi connectivity index (χ4n) is 3.31. The lowest BCUT2D eigenvalue weighted by Gasteiger charge is -2.13. The van der Waals surface area contributed by atoms with E-state index in [0.29, 0.717) is 18.2 Å². The van der Waals surface area contributed by atoms with Gasteiger partial charge in [-0.1, -0.05) is 31.0 Å². The zero-order valence-electron chi connectivity index (χ0n) is 15.4. The maximum Gasteiger partial charge on any atom is 0.270 e. The number of aryl methyl sites for hydroxylation is 1. The van der Waals surface area contributed by atoms with Crippen molar-refractivity contribution in [1.29, 1.82) is 0 Å². The zero-order chi connectivity index (χ0) is 18.4. The van der Waals surface area contributed by atoms with E-state index in [1.807, 2.05) is 31.2 Å². The second-order valence-electron chi connectivity index (χ2n) is 6.66. The van der Waals surface area contributed by atoms with Crippen LogP contribution < -0.4 is 15.4 Å². The van der Waals surface area contributed by atoms with Crippen molar-refractivity contribution < 1.29 is 9.53 Å². The van der Waals surface area contributed by atoms with Gasteiger partial charge in [-0.2, -0.15) is 0 Å². The number of nitrogens with zero attached hydrogens (tertiary/aromatic N) is 2. The summed E-state index contributed by atoms with van der Waals surface area (Å²) in [7, 11) is 1.67. The lowest BCUT2D eigenvalue weighted by molar-refractivity contribution is 0.0932. The number of carbonyl (C=O) groups is 1. The molecule has 26 heavy (non-hydrogen) atoms. The maximum atomic E-state index is 12.4. The number of hydrogen-bond donors (Lipinski definition) is 2. The summed E-state index contributed by atoms with van der Waals surface area (Å²) in [6, 6.07) is 9.94. The van der Waals surface area contributed by atoms with Crippen LogP contribution in [-0.2, 0) is 6.42 Å². The number of anilines is 1. The fraction of sp³-hybridized carbons (Fsp3) is 0.450. The number of hydrogen-bond acceptors (Lipinski definition) is 5. The van der Waals surface area contributed by atoms with Crippen LogP contribution in [0, 0.1) is 6.92 Å². The van der Waals surface area contributed by atoms with E-state index in [4.69, 9.17) is 4.74 Å². The number of nitrogens with one attached hydrogen (secondary N) is 2. The Balaban J connectivity index is 1.61. The van der Waals surface area contributed by atoms with Gasteiger partial charge in [0.15, 0.2) is 0 Å². The predicted molar refractivity (Wildman–Crippen MR) is 102 cm³/mol. The molecule has 0 aliphatic heterocycles. The molecule has 6 heteroatoms. The standard InChI is InChI=1S/C20H26N4O2/c1-14-13-17(19(25)23-16-8-4-5-9-16)24-20(22-14)21-12-11-15-7-3-6-10-18(15)26-2/h3,6-7,10,13,16H,4-5,8-9,11-12H2,1-2H3,(H,23,25)(H,21,22,24). The SMILES string of the molecule is COc1ccccc1CCNc1nc(C)cc(C(=O)NC2CCCC2)n1. The molecule has 138 valence electrons. The molecule has 3 rings (SSSR count). The Morgan fingerprint density at radius 2 is 2.00 bits per heavy atom. The molecular formula is C20H26N4O2. The Labute approximate surface area is 154 Å². The molecule has 1 aliphatic rings. The number of ether oxygens (including phenoxy) is 1. The molecule has 1 fully saturated rings. The van der Waals surface area contributed by atoms with Gasteiger partial charge >= 0.3 is 0 Å². The first-order valence-electron chi connectivity index (χ1n) is 9.18. The Kier molecular flexibility index (Phi) is 6.04.